The van der Waals surface area contributed by atoms with Crippen molar-refractivity contribution in [3.63, 3.8) is 0 Å². The number of rotatable bonds is 6. The number of aromatic nitrogens is 5. The SMILES string of the molecule is O=C(CSc1nnnn1-c1ccc(Cl)cc1)Nc1nc(-c2ccc(F)c(F)c2)cs1. The van der Waals surface area contributed by atoms with Gasteiger partial charge in [-0.1, -0.05) is 23.4 Å². The van der Waals surface area contributed by atoms with Crippen LogP contribution in [0.2, 0.25) is 5.02 Å². The van der Waals surface area contributed by atoms with Crippen LogP contribution in [0.25, 0.3) is 16.9 Å². The molecule has 2 heterocycles. The van der Waals surface area contributed by atoms with Crippen molar-refractivity contribution in [2.75, 3.05) is 11.1 Å². The van der Waals surface area contributed by atoms with Crippen LogP contribution in [0.3, 0.4) is 0 Å². The lowest BCUT2D eigenvalue weighted by Gasteiger charge is -2.04. The van der Waals surface area contributed by atoms with Crippen molar-refractivity contribution in [3.8, 4) is 16.9 Å². The molecule has 4 rings (SSSR count). The third kappa shape index (κ3) is 4.64. The summed E-state index contributed by atoms with van der Waals surface area (Å²) < 4.78 is 28.0. The topological polar surface area (TPSA) is 85.6 Å². The number of benzene rings is 2. The zero-order valence-corrected chi connectivity index (χ0v) is 17.3. The third-order valence-electron chi connectivity index (χ3n) is 3.81. The second kappa shape index (κ2) is 8.86. The number of halogens is 3. The molecule has 4 aromatic rings. The highest BCUT2D eigenvalue weighted by atomic mass is 35.5. The quantitative estimate of drug-likeness (QED) is 0.424. The average molecular weight is 465 g/mol. The Morgan fingerprint density at radius 1 is 1.17 bits per heavy atom. The fraction of sp³-hybridized carbons (Fsp3) is 0.0556. The number of carbonyl (C=O) groups excluding carboxylic acids is 1. The number of nitrogens with zero attached hydrogens (tertiary/aromatic N) is 5. The highest BCUT2D eigenvalue weighted by Gasteiger charge is 2.14. The van der Waals surface area contributed by atoms with E-state index in [1.54, 1.807) is 29.6 Å². The molecule has 0 spiro atoms. The van der Waals surface area contributed by atoms with Gasteiger partial charge < -0.3 is 5.32 Å². The number of anilines is 1. The number of carbonyl (C=O) groups is 1. The van der Waals surface area contributed by atoms with Gasteiger partial charge >= 0.3 is 0 Å². The molecule has 0 atom stereocenters. The van der Waals surface area contributed by atoms with Crippen LogP contribution in [0.1, 0.15) is 0 Å². The van der Waals surface area contributed by atoms with Crippen LogP contribution in [-0.2, 0) is 4.79 Å². The molecule has 0 aliphatic carbocycles. The van der Waals surface area contributed by atoms with Crippen LogP contribution >= 0.6 is 34.7 Å². The van der Waals surface area contributed by atoms with Crippen LogP contribution < -0.4 is 5.32 Å². The minimum absolute atomic E-state index is 0.0497. The Balaban J connectivity index is 1.38. The van der Waals surface area contributed by atoms with Gasteiger partial charge in [0.25, 0.3) is 0 Å². The monoisotopic (exact) mass is 464 g/mol. The fourth-order valence-electron chi connectivity index (χ4n) is 2.42. The van der Waals surface area contributed by atoms with Gasteiger partial charge in [0.05, 0.1) is 17.1 Å². The minimum atomic E-state index is -0.958. The molecule has 0 fully saturated rings. The predicted octanol–water partition coefficient (Wildman–Crippen LogP) is 4.45. The second-order valence-corrected chi connectivity index (χ2v) is 8.09. The molecule has 1 N–H and O–H groups in total. The maximum Gasteiger partial charge on any atom is 0.236 e. The lowest BCUT2D eigenvalue weighted by molar-refractivity contribution is -0.113. The largest absolute Gasteiger partial charge is 0.301 e. The molecule has 30 heavy (non-hydrogen) atoms. The van der Waals surface area contributed by atoms with Gasteiger partial charge in [0.1, 0.15) is 0 Å². The molecule has 0 aliphatic rings. The van der Waals surface area contributed by atoms with E-state index < -0.39 is 11.6 Å². The van der Waals surface area contributed by atoms with E-state index in [2.05, 4.69) is 25.8 Å². The van der Waals surface area contributed by atoms with Gasteiger partial charge in [0.2, 0.25) is 11.1 Å². The van der Waals surface area contributed by atoms with E-state index in [9.17, 15) is 13.6 Å². The van der Waals surface area contributed by atoms with Gasteiger partial charge in [0.15, 0.2) is 16.8 Å². The van der Waals surface area contributed by atoms with Crippen LogP contribution in [0.15, 0.2) is 53.0 Å². The van der Waals surface area contributed by atoms with E-state index in [0.717, 1.165) is 23.9 Å². The molecule has 2 aromatic carbocycles. The maximum atomic E-state index is 13.4. The van der Waals surface area contributed by atoms with Gasteiger partial charge in [-0.3, -0.25) is 4.79 Å². The summed E-state index contributed by atoms with van der Waals surface area (Å²) in [5.74, 6) is -2.15. The Morgan fingerprint density at radius 2 is 1.97 bits per heavy atom. The Hall–Kier alpha value is -2.89. The summed E-state index contributed by atoms with van der Waals surface area (Å²) in [5.41, 5.74) is 1.57. The van der Waals surface area contributed by atoms with Crippen LogP contribution in [0, 0.1) is 11.6 Å². The van der Waals surface area contributed by atoms with E-state index >= 15 is 0 Å². The predicted molar refractivity (Wildman–Crippen MR) is 111 cm³/mol. The number of thiazole rings is 1. The number of thioether (sulfide) groups is 1. The lowest BCUT2D eigenvalue weighted by atomic mass is 10.2. The van der Waals surface area contributed by atoms with E-state index in [1.807, 2.05) is 0 Å². The van der Waals surface area contributed by atoms with Gasteiger partial charge in [-0.15, -0.1) is 16.4 Å². The van der Waals surface area contributed by atoms with E-state index in [-0.39, 0.29) is 11.7 Å². The molecule has 2 aromatic heterocycles. The van der Waals surface area contributed by atoms with Gasteiger partial charge in [-0.05, 0) is 52.9 Å². The summed E-state index contributed by atoms with van der Waals surface area (Å²) in [5, 5.41) is 17.2. The normalized spacial score (nSPS) is 10.9. The molecule has 0 radical (unpaired) electrons. The molecule has 1 amide bonds. The number of nitrogens with one attached hydrogen (secondary N) is 1. The van der Waals surface area contributed by atoms with E-state index in [1.165, 1.54) is 22.1 Å². The molecule has 0 aliphatic heterocycles. The van der Waals surface area contributed by atoms with Crippen molar-refractivity contribution in [2.45, 2.75) is 5.16 Å². The molecule has 152 valence electrons. The van der Waals surface area contributed by atoms with Crippen LogP contribution in [0.4, 0.5) is 13.9 Å². The molecule has 0 saturated carbocycles. The second-order valence-electron chi connectivity index (χ2n) is 5.85. The number of hydrogen-bond donors (Lipinski definition) is 1. The van der Waals surface area contributed by atoms with Crippen LogP contribution in [0.5, 0.6) is 0 Å². The molecule has 12 heteroatoms. The van der Waals surface area contributed by atoms with Crippen molar-refractivity contribution in [2.24, 2.45) is 0 Å². The standard InChI is InChI=1S/C18H11ClF2N6OS2/c19-11-2-4-12(5-3-11)27-18(24-25-26-27)30-9-16(28)23-17-22-15(8-29-17)10-1-6-13(20)14(21)7-10/h1-8H,9H2,(H,22,23,28). The zero-order valence-electron chi connectivity index (χ0n) is 14.9. The summed E-state index contributed by atoms with van der Waals surface area (Å²) in [6.45, 7) is 0. The average Bonchev–Trinajstić information content (AvgIpc) is 3.39. The van der Waals surface area contributed by atoms with Crippen molar-refractivity contribution in [3.05, 3.63) is 64.5 Å². The van der Waals surface area contributed by atoms with Gasteiger partial charge in [-0.2, -0.15) is 4.68 Å². The first-order chi connectivity index (χ1) is 14.5. The first-order valence-corrected chi connectivity index (χ1v) is 10.6. The first-order valence-electron chi connectivity index (χ1n) is 8.37. The molecule has 0 saturated heterocycles. The molecule has 0 unspecified atom stereocenters. The van der Waals surface area contributed by atoms with Crippen LogP contribution in [-0.4, -0.2) is 36.9 Å². The smallest absolute Gasteiger partial charge is 0.236 e. The van der Waals surface area contributed by atoms with Gasteiger partial charge in [-0.25, -0.2) is 13.8 Å². The number of hydrogen-bond acceptors (Lipinski definition) is 7. The van der Waals surface area contributed by atoms with Crippen molar-refractivity contribution < 1.29 is 13.6 Å². The summed E-state index contributed by atoms with van der Waals surface area (Å²) in [6, 6.07) is 10.5. The zero-order chi connectivity index (χ0) is 21.1. The van der Waals surface area contributed by atoms with E-state index in [4.69, 9.17) is 11.6 Å². The number of amides is 1. The molecular formula is C18H11ClF2N6OS2. The third-order valence-corrected chi connectivity index (χ3v) is 5.74. The summed E-state index contributed by atoms with van der Waals surface area (Å²) in [6.07, 6.45) is 0. The lowest BCUT2D eigenvalue weighted by Crippen LogP contribution is -2.14. The van der Waals surface area contributed by atoms with Crippen molar-refractivity contribution in [1.29, 1.82) is 0 Å². The van der Waals surface area contributed by atoms with Gasteiger partial charge in [0, 0.05) is 16.0 Å². The minimum Gasteiger partial charge on any atom is -0.301 e. The summed E-state index contributed by atoms with van der Waals surface area (Å²) in [7, 11) is 0. The summed E-state index contributed by atoms with van der Waals surface area (Å²) in [4.78, 5) is 16.5. The Morgan fingerprint density at radius 3 is 2.73 bits per heavy atom. The summed E-state index contributed by atoms with van der Waals surface area (Å²) >= 11 is 8.22. The Labute approximate surface area is 182 Å². The molecule has 7 nitrogen and oxygen atoms in total. The Bertz CT molecular complexity index is 1200. The van der Waals surface area contributed by atoms with Crippen molar-refractivity contribution >= 4 is 45.7 Å². The molecular weight excluding hydrogens is 454 g/mol. The highest BCUT2D eigenvalue weighted by molar-refractivity contribution is 7.99. The number of tetrazole rings is 1. The fourth-order valence-corrected chi connectivity index (χ4v) is 3.97. The van der Waals surface area contributed by atoms with E-state index in [0.29, 0.717) is 32.3 Å². The van der Waals surface area contributed by atoms with Crippen molar-refractivity contribution in [1.82, 2.24) is 25.2 Å². The maximum absolute atomic E-state index is 13.4. The first kappa shape index (κ1) is 20.4. The molecule has 0 bridgehead atoms. The Kier molecular flexibility index (Phi) is 6.02. The highest BCUT2D eigenvalue weighted by Crippen LogP contribution is 2.26.